The van der Waals surface area contributed by atoms with E-state index in [1.165, 1.54) is 31.4 Å². The van der Waals surface area contributed by atoms with Gasteiger partial charge in [-0.15, -0.1) is 0 Å². The summed E-state index contributed by atoms with van der Waals surface area (Å²) in [6.07, 6.45) is 0. The van der Waals surface area contributed by atoms with Crippen molar-refractivity contribution < 1.29 is 33.4 Å². The van der Waals surface area contributed by atoms with E-state index < -0.39 is 23.4 Å². The molecule has 2 N–H and O–H groups in total. The molecule has 0 aromatic heterocycles. The van der Waals surface area contributed by atoms with E-state index >= 15 is 0 Å². The van der Waals surface area contributed by atoms with Gasteiger partial charge in [-0.2, -0.15) is 5.26 Å². The van der Waals surface area contributed by atoms with Crippen molar-refractivity contribution in [3.8, 4) is 34.8 Å². The topological polar surface area (TPSA) is 156 Å². The molecule has 0 radical (unpaired) electrons. The summed E-state index contributed by atoms with van der Waals surface area (Å²) in [7, 11) is 1.53. The second kappa shape index (κ2) is 12.7. The van der Waals surface area contributed by atoms with Crippen LogP contribution in [0.15, 0.2) is 102 Å². The Morgan fingerprint density at radius 3 is 2.49 bits per heavy atom. The number of hydrogen-bond donors (Lipinski definition) is 1. The number of rotatable bonds is 10. The Labute approximate surface area is 246 Å². The number of nitrogens with zero attached hydrogens (tertiary/aromatic N) is 2. The number of nitriles is 1. The Balaban J connectivity index is 1.35. The lowest BCUT2D eigenvalue weighted by Crippen LogP contribution is -2.22. The molecule has 11 nitrogen and oxygen atoms in total. The number of esters is 1. The lowest BCUT2D eigenvalue weighted by atomic mass is 9.83. The van der Waals surface area contributed by atoms with Crippen LogP contribution in [0.5, 0.6) is 28.7 Å². The smallest absolute Gasteiger partial charge is 0.349 e. The molecule has 1 heterocycles. The molecule has 0 bridgehead atoms. The number of benzene rings is 4. The number of nitrogens with two attached hydrogens (primary N) is 1. The highest BCUT2D eigenvalue weighted by Gasteiger charge is 2.32. The molecule has 4 aromatic rings. The summed E-state index contributed by atoms with van der Waals surface area (Å²) in [4.78, 5) is 23.0. The van der Waals surface area contributed by atoms with E-state index in [9.17, 15) is 20.2 Å². The van der Waals surface area contributed by atoms with E-state index in [2.05, 4.69) is 6.07 Å². The zero-order valence-electron chi connectivity index (χ0n) is 22.9. The third-order valence-electron chi connectivity index (χ3n) is 6.59. The molecule has 5 rings (SSSR count). The van der Waals surface area contributed by atoms with Gasteiger partial charge in [-0.3, -0.25) is 10.1 Å². The molecule has 0 fully saturated rings. The highest BCUT2D eigenvalue weighted by atomic mass is 16.6. The average molecular weight is 580 g/mol. The fraction of sp³-hybridized carbons (Fsp3) is 0.125. The number of carbonyl (C=O) groups is 1. The maximum atomic E-state index is 12.5. The van der Waals surface area contributed by atoms with Gasteiger partial charge in [0.2, 0.25) is 5.88 Å². The summed E-state index contributed by atoms with van der Waals surface area (Å²) in [5, 5.41) is 21.1. The van der Waals surface area contributed by atoms with Crippen molar-refractivity contribution in [1.29, 1.82) is 5.26 Å². The maximum Gasteiger partial charge on any atom is 0.349 e. The van der Waals surface area contributed by atoms with E-state index in [0.717, 1.165) is 5.56 Å². The lowest BCUT2D eigenvalue weighted by molar-refractivity contribution is -0.385. The molecular weight excluding hydrogens is 554 g/mol. The van der Waals surface area contributed by atoms with Gasteiger partial charge in [0.05, 0.1) is 18.0 Å². The minimum atomic E-state index is -0.789. The largest absolute Gasteiger partial charge is 0.493 e. The first kappa shape index (κ1) is 28.5. The van der Waals surface area contributed by atoms with Crippen LogP contribution in [-0.2, 0) is 11.4 Å². The van der Waals surface area contributed by atoms with Gasteiger partial charge in [0.25, 0.3) is 0 Å². The first-order valence-corrected chi connectivity index (χ1v) is 13.0. The summed E-state index contributed by atoms with van der Waals surface area (Å²) >= 11 is 0. The fourth-order valence-corrected chi connectivity index (χ4v) is 4.59. The predicted molar refractivity (Wildman–Crippen MR) is 154 cm³/mol. The first-order chi connectivity index (χ1) is 20.9. The molecule has 11 heteroatoms. The van der Waals surface area contributed by atoms with Crippen molar-refractivity contribution in [2.24, 2.45) is 5.73 Å². The van der Waals surface area contributed by atoms with Gasteiger partial charge in [-0.25, -0.2) is 4.79 Å². The van der Waals surface area contributed by atoms with Crippen molar-refractivity contribution in [2.75, 3.05) is 13.7 Å². The number of ether oxygens (including phenoxy) is 5. The molecule has 0 saturated heterocycles. The second-order valence-electron chi connectivity index (χ2n) is 9.30. The first-order valence-electron chi connectivity index (χ1n) is 13.0. The zero-order chi connectivity index (χ0) is 30.3. The molecule has 43 heavy (non-hydrogen) atoms. The Morgan fingerprint density at radius 1 is 0.977 bits per heavy atom. The van der Waals surface area contributed by atoms with Crippen LogP contribution in [0, 0.1) is 21.4 Å². The Kier molecular flexibility index (Phi) is 8.39. The molecule has 0 amide bonds. The van der Waals surface area contributed by atoms with E-state index in [0.29, 0.717) is 29.2 Å². The number of fused-ring (bicyclic) bond motifs is 1. The molecule has 0 spiro atoms. The third-order valence-corrected chi connectivity index (χ3v) is 6.59. The third kappa shape index (κ3) is 6.34. The predicted octanol–water partition coefficient (Wildman–Crippen LogP) is 5.38. The monoisotopic (exact) mass is 579 g/mol. The van der Waals surface area contributed by atoms with Gasteiger partial charge in [-0.1, -0.05) is 54.6 Å². The van der Waals surface area contributed by atoms with Crippen molar-refractivity contribution >= 4 is 11.7 Å². The van der Waals surface area contributed by atoms with Crippen molar-refractivity contribution in [1.82, 2.24) is 0 Å². The molecule has 0 aliphatic carbocycles. The van der Waals surface area contributed by atoms with Crippen LogP contribution in [0.3, 0.4) is 0 Å². The van der Waals surface area contributed by atoms with Crippen molar-refractivity contribution in [3.63, 3.8) is 0 Å². The van der Waals surface area contributed by atoms with Crippen molar-refractivity contribution in [3.05, 3.63) is 129 Å². The molecule has 1 aliphatic rings. The average Bonchev–Trinajstić information content (AvgIpc) is 3.02. The van der Waals surface area contributed by atoms with E-state index in [4.69, 9.17) is 29.4 Å². The number of hydrogen-bond acceptors (Lipinski definition) is 10. The normalized spacial score (nSPS) is 13.6. The number of nitro benzene ring substituents is 1. The minimum absolute atomic E-state index is 0.0603. The van der Waals surface area contributed by atoms with Gasteiger partial charge in [-0.05, 0) is 35.4 Å². The molecule has 1 unspecified atom stereocenters. The number of methoxy groups -OCH3 is 1. The number of nitro groups is 1. The Hall–Kier alpha value is -6.02. The van der Waals surface area contributed by atoms with Crippen LogP contribution >= 0.6 is 0 Å². The maximum absolute atomic E-state index is 12.5. The molecule has 0 saturated carbocycles. The molecule has 216 valence electrons. The second-order valence-corrected chi connectivity index (χ2v) is 9.30. The van der Waals surface area contributed by atoms with Crippen molar-refractivity contribution in [2.45, 2.75) is 12.5 Å². The number of para-hydroxylation sites is 2. The fourth-order valence-electron chi connectivity index (χ4n) is 4.59. The summed E-state index contributed by atoms with van der Waals surface area (Å²) in [6, 6.07) is 27.6. The zero-order valence-corrected chi connectivity index (χ0v) is 22.9. The van der Waals surface area contributed by atoms with Crippen LogP contribution in [0.2, 0.25) is 0 Å². The van der Waals surface area contributed by atoms with Gasteiger partial charge >= 0.3 is 11.7 Å². The van der Waals surface area contributed by atoms with E-state index in [1.54, 1.807) is 30.3 Å². The molecule has 1 aliphatic heterocycles. The van der Waals surface area contributed by atoms with Crippen LogP contribution in [0.4, 0.5) is 5.69 Å². The number of carbonyl (C=O) groups excluding carboxylic acids is 1. The Bertz CT molecular complexity index is 1750. The highest BCUT2D eigenvalue weighted by Crippen LogP contribution is 2.45. The summed E-state index contributed by atoms with van der Waals surface area (Å²) in [6.45, 7) is -0.216. The summed E-state index contributed by atoms with van der Waals surface area (Å²) in [5.41, 5.74) is 8.39. The SMILES string of the molecule is COc1cc(C2C(C#N)=C(N)Oc3cc(OC(=O)COc4ccccc4[N+](=O)[O-])ccc32)ccc1OCc1ccccc1. The molecule has 4 aromatic carbocycles. The summed E-state index contributed by atoms with van der Waals surface area (Å²) < 4.78 is 28.0. The quantitative estimate of drug-likeness (QED) is 0.112. The van der Waals surface area contributed by atoms with Crippen LogP contribution in [-0.4, -0.2) is 24.6 Å². The van der Waals surface area contributed by atoms with Gasteiger partial charge in [0.1, 0.15) is 29.7 Å². The van der Waals surface area contributed by atoms with Crippen LogP contribution in [0.1, 0.15) is 22.6 Å². The van der Waals surface area contributed by atoms with Gasteiger partial charge in [0, 0.05) is 17.7 Å². The lowest BCUT2D eigenvalue weighted by Gasteiger charge is -2.27. The Morgan fingerprint density at radius 2 is 1.74 bits per heavy atom. The van der Waals surface area contributed by atoms with Gasteiger partial charge < -0.3 is 29.4 Å². The minimum Gasteiger partial charge on any atom is -0.493 e. The highest BCUT2D eigenvalue weighted by molar-refractivity contribution is 5.74. The number of allylic oxidation sites excluding steroid dienone is 1. The standard InChI is InChI=1S/C32H25N3O8/c1-39-29-15-21(11-14-27(29)40-18-20-7-3-2-4-8-20)31-23-13-12-22(16-28(23)43-32(34)24(31)17-33)42-30(36)19-41-26-10-6-5-9-25(26)35(37)38/h2-16,31H,18-19,34H2,1H3. The molecular formula is C32H25N3O8. The van der Waals surface area contributed by atoms with Crippen LogP contribution in [0.25, 0.3) is 0 Å². The van der Waals surface area contributed by atoms with Crippen LogP contribution < -0.4 is 29.4 Å². The molecule has 1 atom stereocenters. The van der Waals surface area contributed by atoms with E-state index in [-0.39, 0.29) is 34.4 Å². The van der Waals surface area contributed by atoms with E-state index in [1.807, 2.05) is 36.4 Å². The van der Waals surface area contributed by atoms with Gasteiger partial charge in [0.15, 0.2) is 23.9 Å². The summed E-state index contributed by atoms with van der Waals surface area (Å²) in [5.74, 6) is -0.120.